The highest BCUT2D eigenvalue weighted by molar-refractivity contribution is 5.04. The molecule has 0 bridgehead atoms. The molecule has 58 valence electrons. The van der Waals surface area contributed by atoms with Gasteiger partial charge in [-0.25, -0.2) is 0 Å². The summed E-state index contributed by atoms with van der Waals surface area (Å²) in [6, 6.07) is 0. The fraction of sp³-hybridized carbons (Fsp3) is 0.556. The normalized spacial score (nSPS) is 12.8. The van der Waals surface area contributed by atoms with E-state index in [1.165, 1.54) is 12.8 Å². The highest BCUT2D eigenvalue weighted by Crippen LogP contribution is 1.95. The molecule has 0 spiro atoms. The molecule has 0 aromatic heterocycles. The summed E-state index contributed by atoms with van der Waals surface area (Å²) < 4.78 is 0. The molecule has 0 aromatic carbocycles. The summed E-state index contributed by atoms with van der Waals surface area (Å²) in [5.41, 5.74) is 0. The van der Waals surface area contributed by atoms with Gasteiger partial charge in [-0.2, -0.15) is 0 Å². The number of hydrogen-bond acceptors (Lipinski definition) is 1. The van der Waals surface area contributed by atoms with Gasteiger partial charge in [0.15, 0.2) is 0 Å². The third-order valence-corrected chi connectivity index (χ3v) is 1.20. The van der Waals surface area contributed by atoms with Crippen LogP contribution in [0.15, 0.2) is 24.0 Å². The highest BCUT2D eigenvalue weighted by atomic mass is 16.3. The summed E-state index contributed by atoms with van der Waals surface area (Å²) in [4.78, 5) is 0. The van der Waals surface area contributed by atoms with Gasteiger partial charge in [-0.3, -0.25) is 0 Å². The van der Waals surface area contributed by atoms with Crippen LogP contribution >= 0.6 is 0 Å². The van der Waals surface area contributed by atoms with Crippen molar-refractivity contribution in [2.75, 3.05) is 0 Å². The first-order valence-corrected chi connectivity index (χ1v) is 3.79. The molecule has 0 aliphatic heterocycles. The summed E-state index contributed by atoms with van der Waals surface area (Å²) in [6.07, 6.45) is 9.24. The zero-order chi connectivity index (χ0) is 7.82. The van der Waals surface area contributed by atoms with Crippen molar-refractivity contribution < 1.29 is 5.11 Å². The Morgan fingerprint density at radius 3 is 2.70 bits per heavy atom. The van der Waals surface area contributed by atoms with Crippen molar-refractivity contribution in [3.8, 4) is 0 Å². The van der Waals surface area contributed by atoms with Crippen molar-refractivity contribution in [3.05, 3.63) is 24.0 Å². The molecule has 0 rings (SSSR count). The molecule has 0 unspecified atom stereocenters. The van der Waals surface area contributed by atoms with Crippen LogP contribution in [0.3, 0.4) is 0 Å². The van der Waals surface area contributed by atoms with Crippen LogP contribution in [0, 0.1) is 0 Å². The lowest BCUT2D eigenvalue weighted by Crippen LogP contribution is -1.67. The maximum Gasteiger partial charge on any atom is 0.0891 e. The van der Waals surface area contributed by atoms with E-state index in [9.17, 15) is 0 Å². The molecule has 0 fully saturated rings. The molecule has 0 amide bonds. The lowest BCUT2D eigenvalue weighted by Gasteiger charge is -1.86. The largest absolute Gasteiger partial charge is 0.513 e. The molecule has 0 radical (unpaired) electrons. The van der Waals surface area contributed by atoms with Gasteiger partial charge in [0.25, 0.3) is 0 Å². The minimum Gasteiger partial charge on any atom is -0.513 e. The van der Waals surface area contributed by atoms with E-state index in [2.05, 4.69) is 13.0 Å². The van der Waals surface area contributed by atoms with Gasteiger partial charge in [0.2, 0.25) is 0 Å². The van der Waals surface area contributed by atoms with Gasteiger partial charge in [-0.15, -0.1) is 0 Å². The van der Waals surface area contributed by atoms with Crippen LogP contribution in [0.2, 0.25) is 0 Å². The lowest BCUT2D eigenvalue weighted by molar-refractivity contribution is 0.414. The Bertz CT molecular complexity index is 119. The second kappa shape index (κ2) is 6.40. The van der Waals surface area contributed by atoms with Crippen molar-refractivity contribution in [1.82, 2.24) is 0 Å². The van der Waals surface area contributed by atoms with E-state index in [0.29, 0.717) is 5.76 Å². The maximum atomic E-state index is 8.72. The summed E-state index contributed by atoms with van der Waals surface area (Å²) in [6.45, 7) is 3.84. The zero-order valence-electron chi connectivity index (χ0n) is 6.80. The Morgan fingerprint density at radius 1 is 1.50 bits per heavy atom. The second-order valence-corrected chi connectivity index (χ2v) is 2.38. The molecule has 0 atom stereocenters. The van der Waals surface area contributed by atoms with E-state index in [-0.39, 0.29) is 0 Å². The van der Waals surface area contributed by atoms with Crippen molar-refractivity contribution in [1.29, 1.82) is 0 Å². The molecule has 1 nitrogen and oxygen atoms in total. The second-order valence-electron chi connectivity index (χ2n) is 2.38. The average Bonchev–Trinajstić information content (AvgIpc) is 1.87. The fourth-order valence-electron chi connectivity index (χ4n) is 0.625. The van der Waals surface area contributed by atoms with Gasteiger partial charge in [0.05, 0.1) is 5.76 Å². The summed E-state index contributed by atoms with van der Waals surface area (Å²) >= 11 is 0. The Labute approximate surface area is 63.1 Å². The quantitative estimate of drug-likeness (QED) is 0.361. The van der Waals surface area contributed by atoms with Crippen LogP contribution in [0.4, 0.5) is 0 Å². The van der Waals surface area contributed by atoms with Crippen LogP contribution in [0.1, 0.15) is 33.1 Å². The van der Waals surface area contributed by atoms with Gasteiger partial charge in [0.1, 0.15) is 0 Å². The Morgan fingerprint density at radius 2 is 2.20 bits per heavy atom. The molecular weight excluding hydrogens is 124 g/mol. The molecule has 1 heteroatoms. The lowest BCUT2D eigenvalue weighted by atomic mass is 10.2. The first kappa shape index (κ1) is 9.28. The molecule has 0 aliphatic rings. The van der Waals surface area contributed by atoms with E-state index in [4.69, 9.17) is 5.11 Å². The van der Waals surface area contributed by atoms with Crippen LogP contribution in [-0.2, 0) is 0 Å². The SMILES string of the molecule is CCCC/C=C\C=C(/C)O. The maximum absolute atomic E-state index is 8.72. The number of hydrogen-bond donors (Lipinski definition) is 1. The number of aliphatic hydroxyl groups excluding tert-OH is 1. The Hall–Kier alpha value is -0.720. The molecule has 0 saturated carbocycles. The van der Waals surface area contributed by atoms with E-state index in [1.807, 2.05) is 6.08 Å². The minimum absolute atomic E-state index is 0.368. The minimum atomic E-state index is 0.368. The van der Waals surface area contributed by atoms with E-state index >= 15 is 0 Å². The molecule has 0 aromatic rings. The predicted molar refractivity (Wildman–Crippen MR) is 45.1 cm³/mol. The van der Waals surface area contributed by atoms with Crippen molar-refractivity contribution in [2.24, 2.45) is 0 Å². The number of rotatable bonds is 4. The summed E-state index contributed by atoms with van der Waals surface area (Å²) in [5.74, 6) is 0.368. The third-order valence-electron chi connectivity index (χ3n) is 1.20. The zero-order valence-corrected chi connectivity index (χ0v) is 6.80. The average molecular weight is 140 g/mol. The molecule has 1 N–H and O–H groups in total. The Kier molecular flexibility index (Phi) is 5.94. The van der Waals surface area contributed by atoms with Crippen molar-refractivity contribution in [2.45, 2.75) is 33.1 Å². The third kappa shape index (κ3) is 7.28. The number of allylic oxidation sites excluding steroid dienone is 4. The van der Waals surface area contributed by atoms with Crippen LogP contribution in [0.5, 0.6) is 0 Å². The molecule has 0 aliphatic carbocycles. The highest BCUT2D eigenvalue weighted by Gasteiger charge is 1.76. The van der Waals surface area contributed by atoms with Crippen LogP contribution < -0.4 is 0 Å². The number of unbranched alkanes of at least 4 members (excludes halogenated alkanes) is 2. The molecular formula is C9H16O. The van der Waals surface area contributed by atoms with Gasteiger partial charge in [-0.05, 0) is 19.4 Å². The Balaban J connectivity index is 3.29. The van der Waals surface area contributed by atoms with E-state index in [1.54, 1.807) is 13.0 Å². The van der Waals surface area contributed by atoms with Crippen LogP contribution in [0.25, 0.3) is 0 Å². The molecule has 10 heavy (non-hydrogen) atoms. The first-order chi connectivity index (χ1) is 4.77. The fourth-order valence-corrected chi connectivity index (χ4v) is 0.625. The number of aliphatic hydroxyl groups is 1. The van der Waals surface area contributed by atoms with Gasteiger partial charge >= 0.3 is 0 Å². The standard InChI is InChI=1S/C9H16O/c1-3-4-5-6-7-8-9(2)10/h6-8,10H,3-5H2,1-2H3/b7-6-,9-8+. The predicted octanol–water partition coefficient (Wildman–Crippen LogP) is 3.19. The van der Waals surface area contributed by atoms with Crippen molar-refractivity contribution in [3.63, 3.8) is 0 Å². The molecule has 0 saturated heterocycles. The van der Waals surface area contributed by atoms with Gasteiger partial charge in [-0.1, -0.05) is 31.9 Å². The van der Waals surface area contributed by atoms with Gasteiger partial charge in [0, 0.05) is 0 Å². The van der Waals surface area contributed by atoms with Gasteiger partial charge < -0.3 is 5.11 Å². The van der Waals surface area contributed by atoms with E-state index < -0.39 is 0 Å². The monoisotopic (exact) mass is 140 g/mol. The van der Waals surface area contributed by atoms with E-state index in [0.717, 1.165) is 6.42 Å². The summed E-state index contributed by atoms with van der Waals surface area (Å²) in [7, 11) is 0. The molecule has 0 heterocycles. The van der Waals surface area contributed by atoms with Crippen LogP contribution in [-0.4, -0.2) is 5.11 Å². The summed E-state index contributed by atoms with van der Waals surface area (Å²) in [5, 5.41) is 8.72. The smallest absolute Gasteiger partial charge is 0.0891 e. The topological polar surface area (TPSA) is 20.2 Å². The first-order valence-electron chi connectivity index (χ1n) is 3.79. The van der Waals surface area contributed by atoms with Crippen molar-refractivity contribution >= 4 is 0 Å².